The van der Waals surface area contributed by atoms with Gasteiger partial charge in [-0.25, -0.2) is 5.43 Å². The average molecular weight is 464 g/mol. The summed E-state index contributed by atoms with van der Waals surface area (Å²) in [5.74, 6) is 0.000839. The number of rotatable bonds is 9. The molecule has 0 bridgehead atoms. The number of benzene rings is 3. The summed E-state index contributed by atoms with van der Waals surface area (Å²) in [5.41, 5.74) is 3.32. The summed E-state index contributed by atoms with van der Waals surface area (Å²) in [6, 6.07) is 15.6. The largest absolute Gasteiger partial charge is 0.493 e. The summed E-state index contributed by atoms with van der Waals surface area (Å²) in [7, 11) is 1.49. The number of amides is 1. The van der Waals surface area contributed by atoms with Gasteiger partial charge < -0.3 is 9.47 Å². The van der Waals surface area contributed by atoms with Gasteiger partial charge in [-0.05, 0) is 24.6 Å². The number of carbonyl (C=O) groups excluding carboxylic acids is 1. The maximum absolute atomic E-state index is 12.4. The van der Waals surface area contributed by atoms with Gasteiger partial charge in [0, 0.05) is 17.7 Å². The second-order valence-corrected chi connectivity index (χ2v) is 7.11. The van der Waals surface area contributed by atoms with Crippen LogP contribution in [-0.2, 0) is 6.61 Å². The van der Waals surface area contributed by atoms with E-state index in [0.29, 0.717) is 17.1 Å². The van der Waals surface area contributed by atoms with E-state index in [1.54, 1.807) is 18.2 Å². The van der Waals surface area contributed by atoms with Crippen molar-refractivity contribution in [3.63, 3.8) is 0 Å². The minimum atomic E-state index is -0.854. The van der Waals surface area contributed by atoms with Crippen LogP contribution in [-0.4, -0.2) is 29.1 Å². The number of non-ortho nitro benzene ring substituents is 2. The maximum Gasteiger partial charge on any atom is 0.277 e. The van der Waals surface area contributed by atoms with Gasteiger partial charge in [-0.1, -0.05) is 35.9 Å². The molecule has 11 nitrogen and oxygen atoms in total. The molecule has 0 aliphatic carbocycles. The minimum absolute atomic E-state index is 0.270. The number of nitro groups is 2. The molecule has 3 aromatic rings. The zero-order chi connectivity index (χ0) is 24.7. The number of hydrogen-bond acceptors (Lipinski definition) is 8. The van der Waals surface area contributed by atoms with Crippen molar-refractivity contribution in [3.05, 3.63) is 103 Å². The minimum Gasteiger partial charge on any atom is -0.493 e. The molecule has 174 valence electrons. The highest BCUT2D eigenvalue weighted by atomic mass is 16.6. The van der Waals surface area contributed by atoms with Crippen LogP contribution < -0.4 is 14.9 Å². The molecule has 0 atom stereocenters. The van der Waals surface area contributed by atoms with E-state index in [0.717, 1.165) is 29.3 Å². The van der Waals surface area contributed by atoms with E-state index in [4.69, 9.17) is 9.47 Å². The van der Waals surface area contributed by atoms with Gasteiger partial charge in [-0.3, -0.25) is 25.0 Å². The molecule has 0 fully saturated rings. The third-order valence-electron chi connectivity index (χ3n) is 4.65. The highest BCUT2D eigenvalue weighted by Crippen LogP contribution is 2.31. The Kier molecular flexibility index (Phi) is 7.49. The first-order valence-electron chi connectivity index (χ1n) is 9.91. The molecule has 0 aliphatic rings. The van der Waals surface area contributed by atoms with Crippen LogP contribution in [0.3, 0.4) is 0 Å². The molecule has 3 aromatic carbocycles. The first-order valence-corrected chi connectivity index (χ1v) is 9.91. The van der Waals surface area contributed by atoms with Gasteiger partial charge in [0.25, 0.3) is 17.3 Å². The molecule has 0 saturated heterocycles. The fraction of sp³-hybridized carbons (Fsp3) is 0.130. The first-order chi connectivity index (χ1) is 16.3. The molecule has 3 rings (SSSR count). The van der Waals surface area contributed by atoms with E-state index in [1.165, 1.54) is 13.3 Å². The molecular formula is C23H20N4O7. The molecule has 0 heterocycles. The first kappa shape index (κ1) is 23.9. The molecule has 0 spiro atoms. The van der Waals surface area contributed by atoms with Gasteiger partial charge in [0.2, 0.25) is 0 Å². The quantitative estimate of drug-likeness (QED) is 0.284. The Morgan fingerprint density at radius 3 is 2.32 bits per heavy atom. The summed E-state index contributed by atoms with van der Waals surface area (Å²) < 4.78 is 11.3. The Labute approximate surface area is 193 Å². The van der Waals surface area contributed by atoms with Crippen molar-refractivity contribution in [2.24, 2.45) is 5.10 Å². The molecule has 0 aromatic heterocycles. The predicted molar refractivity (Wildman–Crippen MR) is 123 cm³/mol. The monoisotopic (exact) mass is 464 g/mol. The standard InChI is InChI=1S/C23H20N4O7/c1-15-5-3-6-16(9-15)14-34-22-17(7-4-8-21(22)33-2)13-24-25-23(28)18-10-19(26(29)30)12-20(11-18)27(31)32/h3-13H,14H2,1-2H3,(H,25,28)/b24-13-. The Morgan fingerprint density at radius 1 is 1.03 bits per heavy atom. The SMILES string of the molecule is COc1cccc(/C=N\NC(=O)c2cc([N+](=O)[O-])cc([N+](=O)[O-])c2)c1OCc1cccc(C)c1. The van der Waals surface area contributed by atoms with Crippen LogP contribution in [0.25, 0.3) is 0 Å². The second-order valence-electron chi connectivity index (χ2n) is 7.11. The van der Waals surface area contributed by atoms with Crippen molar-refractivity contribution in [3.8, 4) is 11.5 Å². The molecule has 1 N–H and O–H groups in total. The number of ether oxygens (including phenoxy) is 2. The lowest BCUT2D eigenvalue weighted by Crippen LogP contribution is -2.18. The smallest absolute Gasteiger partial charge is 0.277 e. The van der Waals surface area contributed by atoms with Crippen molar-refractivity contribution in [2.45, 2.75) is 13.5 Å². The van der Waals surface area contributed by atoms with E-state index in [9.17, 15) is 25.0 Å². The van der Waals surface area contributed by atoms with Gasteiger partial charge in [-0.15, -0.1) is 0 Å². The average Bonchev–Trinajstić information content (AvgIpc) is 2.82. The van der Waals surface area contributed by atoms with E-state index in [1.807, 2.05) is 31.2 Å². The lowest BCUT2D eigenvalue weighted by Gasteiger charge is -2.13. The Bertz CT molecular complexity index is 1240. The van der Waals surface area contributed by atoms with Gasteiger partial charge in [0.1, 0.15) is 6.61 Å². The van der Waals surface area contributed by atoms with Gasteiger partial charge in [0.05, 0.1) is 34.8 Å². The van der Waals surface area contributed by atoms with Crippen LogP contribution >= 0.6 is 0 Å². The molecule has 1 amide bonds. The molecule has 0 radical (unpaired) electrons. The summed E-state index contributed by atoms with van der Waals surface area (Å²) in [5, 5.41) is 25.9. The van der Waals surface area contributed by atoms with Crippen LogP contribution in [0.5, 0.6) is 11.5 Å². The van der Waals surface area contributed by atoms with Crippen molar-refractivity contribution in [2.75, 3.05) is 7.11 Å². The predicted octanol–water partition coefficient (Wildman–Crippen LogP) is 4.16. The summed E-state index contributed by atoms with van der Waals surface area (Å²) in [6.45, 7) is 2.25. The van der Waals surface area contributed by atoms with Gasteiger partial charge >= 0.3 is 0 Å². The van der Waals surface area contributed by atoms with Crippen molar-refractivity contribution in [1.29, 1.82) is 0 Å². The highest BCUT2D eigenvalue weighted by Gasteiger charge is 2.19. The summed E-state index contributed by atoms with van der Waals surface area (Å²) in [6.07, 6.45) is 1.32. The van der Waals surface area contributed by atoms with Gasteiger partial charge in [-0.2, -0.15) is 5.10 Å². The van der Waals surface area contributed by atoms with Crippen molar-refractivity contribution in [1.82, 2.24) is 5.43 Å². The number of hydrogen-bond donors (Lipinski definition) is 1. The Balaban J connectivity index is 1.80. The zero-order valence-electron chi connectivity index (χ0n) is 18.3. The molecule has 0 saturated carbocycles. The Morgan fingerprint density at radius 2 is 1.71 bits per heavy atom. The van der Waals surface area contributed by atoms with Crippen LogP contribution in [0.4, 0.5) is 11.4 Å². The fourth-order valence-electron chi connectivity index (χ4n) is 3.07. The van der Waals surface area contributed by atoms with Crippen molar-refractivity contribution < 1.29 is 24.1 Å². The fourth-order valence-corrected chi connectivity index (χ4v) is 3.07. The number of nitrogens with one attached hydrogen (secondary N) is 1. The van der Waals surface area contributed by atoms with E-state index in [2.05, 4.69) is 10.5 Å². The number of nitro benzene ring substituents is 2. The molecule has 0 aliphatic heterocycles. The van der Waals surface area contributed by atoms with Crippen LogP contribution in [0.15, 0.2) is 65.8 Å². The van der Waals surface area contributed by atoms with E-state index >= 15 is 0 Å². The number of aryl methyl sites for hydroxylation is 1. The highest BCUT2D eigenvalue weighted by molar-refractivity contribution is 5.96. The van der Waals surface area contributed by atoms with E-state index in [-0.39, 0.29) is 12.2 Å². The Hall–Kier alpha value is -4.80. The zero-order valence-corrected chi connectivity index (χ0v) is 18.3. The number of methoxy groups -OCH3 is 1. The number of hydrazone groups is 1. The van der Waals surface area contributed by atoms with Crippen LogP contribution in [0.2, 0.25) is 0 Å². The van der Waals surface area contributed by atoms with Crippen molar-refractivity contribution >= 4 is 23.5 Å². The number of nitrogens with zero attached hydrogens (tertiary/aromatic N) is 3. The van der Waals surface area contributed by atoms with Crippen LogP contribution in [0, 0.1) is 27.2 Å². The normalized spacial score (nSPS) is 10.6. The summed E-state index contributed by atoms with van der Waals surface area (Å²) in [4.78, 5) is 32.8. The lowest BCUT2D eigenvalue weighted by atomic mass is 10.1. The second kappa shape index (κ2) is 10.7. The molecule has 34 heavy (non-hydrogen) atoms. The van der Waals surface area contributed by atoms with Gasteiger partial charge in [0.15, 0.2) is 11.5 Å². The molecular weight excluding hydrogens is 444 g/mol. The lowest BCUT2D eigenvalue weighted by molar-refractivity contribution is -0.394. The number of para-hydroxylation sites is 1. The summed E-state index contributed by atoms with van der Waals surface area (Å²) >= 11 is 0. The maximum atomic E-state index is 12.4. The van der Waals surface area contributed by atoms with Crippen LogP contribution in [0.1, 0.15) is 27.0 Å². The third-order valence-corrected chi connectivity index (χ3v) is 4.65. The third kappa shape index (κ3) is 5.91. The molecule has 11 heteroatoms. The molecule has 0 unspecified atom stereocenters. The number of carbonyl (C=O) groups is 1. The van der Waals surface area contributed by atoms with E-state index < -0.39 is 27.1 Å². The topological polar surface area (TPSA) is 146 Å².